The van der Waals surface area contributed by atoms with Crippen LogP contribution in [-0.2, 0) is 6.54 Å². The van der Waals surface area contributed by atoms with E-state index in [-0.39, 0.29) is 5.91 Å². The fraction of sp³-hybridized carbons (Fsp3) is 0.235. The number of nitrogens with two attached hydrogens (primary N) is 1. The first kappa shape index (κ1) is 14.0. The maximum Gasteiger partial charge on any atom is 0.254 e. The minimum atomic E-state index is 0.0169. The molecule has 1 aliphatic rings. The van der Waals surface area contributed by atoms with Gasteiger partial charge in [-0.05, 0) is 42.7 Å². The number of rotatable bonds is 4. The number of benzene rings is 2. The van der Waals surface area contributed by atoms with Gasteiger partial charge in [-0.3, -0.25) is 4.79 Å². The molecule has 4 heteroatoms. The van der Waals surface area contributed by atoms with Crippen LogP contribution in [0.3, 0.4) is 0 Å². The summed E-state index contributed by atoms with van der Waals surface area (Å²) in [7, 11) is 0. The Balaban J connectivity index is 1.85. The Morgan fingerprint density at radius 2 is 1.95 bits per heavy atom. The molecule has 0 unspecified atom stereocenters. The van der Waals surface area contributed by atoms with Gasteiger partial charge in [-0.25, -0.2) is 0 Å². The molecule has 0 aromatic heterocycles. The SMILES string of the molecule is Nc1ccccc1CN(C(=O)c1cccc(Cl)c1)C1CC1. The first-order valence-corrected chi connectivity index (χ1v) is 7.43. The van der Waals surface area contributed by atoms with Crippen LogP contribution in [0.15, 0.2) is 48.5 Å². The molecule has 0 saturated heterocycles. The summed E-state index contributed by atoms with van der Waals surface area (Å²) in [5, 5.41) is 0.579. The van der Waals surface area contributed by atoms with E-state index in [4.69, 9.17) is 17.3 Å². The second kappa shape index (κ2) is 5.78. The highest BCUT2D eigenvalue weighted by Gasteiger charge is 2.33. The Morgan fingerprint density at radius 1 is 1.19 bits per heavy atom. The minimum Gasteiger partial charge on any atom is -0.398 e. The zero-order valence-electron chi connectivity index (χ0n) is 11.6. The number of nitrogens with zero attached hydrogens (tertiary/aromatic N) is 1. The van der Waals surface area contributed by atoms with Gasteiger partial charge in [-0.15, -0.1) is 0 Å². The number of carbonyl (C=O) groups is 1. The number of anilines is 1. The summed E-state index contributed by atoms with van der Waals surface area (Å²) in [5.41, 5.74) is 8.33. The molecular weight excluding hydrogens is 284 g/mol. The second-order valence-corrected chi connectivity index (χ2v) is 5.81. The molecule has 0 radical (unpaired) electrons. The van der Waals surface area contributed by atoms with Crippen LogP contribution in [0.5, 0.6) is 0 Å². The quantitative estimate of drug-likeness (QED) is 0.875. The number of halogens is 1. The van der Waals surface area contributed by atoms with Crippen molar-refractivity contribution in [3.8, 4) is 0 Å². The summed E-state index contributed by atoms with van der Waals surface area (Å²) in [4.78, 5) is 14.6. The van der Waals surface area contributed by atoms with Crippen LogP contribution in [0.1, 0.15) is 28.8 Å². The monoisotopic (exact) mass is 300 g/mol. The van der Waals surface area contributed by atoms with Crippen LogP contribution in [0.4, 0.5) is 5.69 Å². The van der Waals surface area contributed by atoms with Gasteiger partial charge in [0.25, 0.3) is 5.91 Å². The number of hydrogen-bond donors (Lipinski definition) is 1. The zero-order valence-corrected chi connectivity index (χ0v) is 12.4. The number of nitrogen functional groups attached to an aromatic ring is 1. The van der Waals surface area contributed by atoms with E-state index in [9.17, 15) is 4.79 Å². The minimum absolute atomic E-state index is 0.0169. The Kier molecular flexibility index (Phi) is 3.84. The predicted molar refractivity (Wildman–Crippen MR) is 85.2 cm³/mol. The van der Waals surface area contributed by atoms with Gasteiger partial charge in [-0.1, -0.05) is 35.9 Å². The third-order valence-electron chi connectivity index (χ3n) is 3.72. The topological polar surface area (TPSA) is 46.3 Å². The molecule has 2 aromatic carbocycles. The van der Waals surface area contributed by atoms with E-state index in [1.165, 1.54) is 0 Å². The fourth-order valence-electron chi connectivity index (χ4n) is 2.40. The Hall–Kier alpha value is -2.00. The lowest BCUT2D eigenvalue weighted by atomic mass is 10.1. The van der Waals surface area contributed by atoms with Gasteiger partial charge in [0.05, 0.1) is 0 Å². The summed E-state index contributed by atoms with van der Waals surface area (Å²) in [6.07, 6.45) is 2.11. The first-order chi connectivity index (χ1) is 10.1. The van der Waals surface area contributed by atoms with Crippen LogP contribution in [0, 0.1) is 0 Å². The molecule has 2 N–H and O–H groups in total. The van der Waals surface area contributed by atoms with E-state index in [0.29, 0.717) is 23.2 Å². The van der Waals surface area contributed by atoms with Gasteiger partial charge in [0, 0.05) is 28.9 Å². The average Bonchev–Trinajstić information content (AvgIpc) is 3.30. The van der Waals surface area contributed by atoms with Gasteiger partial charge in [0.15, 0.2) is 0 Å². The molecule has 21 heavy (non-hydrogen) atoms. The normalized spacial score (nSPS) is 14.0. The molecule has 3 nitrogen and oxygen atoms in total. The maximum absolute atomic E-state index is 12.7. The molecule has 0 heterocycles. The van der Waals surface area contributed by atoms with Crippen molar-refractivity contribution in [1.82, 2.24) is 4.90 Å². The smallest absolute Gasteiger partial charge is 0.254 e. The molecular formula is C17H17ClN2O. The van der Waals surface area contributed by atoms with Crippen LogP contribution in [0.2, 0.25) is 5.02 Å². The van der Waals surface area contributed by atoms with E-state index in [0.717, 1.165) is 24.1 Å². The van der Waals surface area contributed by atoms with Crippen LogP contribution < -0.4 is 5.73 Å². The van der Waals surface area contributed by atoms with E-state index in [1.54, 1.807) is 24.3 Å². The van der Waals surface area contributed by atoms with Crippen molar-refractivity contribution in [2.75, 3.05) is 5.73 Å². The highest BCUT2D eigenvalue weighted by molar-refractivity contribution is 6.30. The van der Waals surface area contributed by atoms with Crippen LogP contribution in [0.25, 0.3) is 0 Å². The molecule has 1 saturated carbocycles. The number of para-hydroxylation sites is 1. The molecule has 0 atom stereocenters. The summed E-state index contributed by atoms with van der Waals surface area (Å²) in [6, 6.07) is 15.1. The second-order valence-electron chi connectivity index (χ2n) is 5.37. The summed E-state index contributed by atoms with van der Waals surface area (Å²) in [5.74, 6) is 0.0169. The Bertz CT molecular complexity index is 667. The van der Waals surface area contributed by atoms with E-state index in [1.807, 2.05) is 29.2 Å². The van der Waals surface area contributed by atoms with Crippen molar-refractivity contribution in [3.05, 3.63) is 64.7 Å². The molecule has 1 amide bonds. The third-order valence-corrected chi connectivity index (χ3v) is 3.95. The van der Waals surface area contributed by atoms with Gasteiger partial charge in [0.1, 0.15) is 0 Å². The maximum atomic E-state index is 12.7. The van der Waals surface area contributed by atoms with Crippen LogP contribution >= 0.6 is 11.6 Å². The predicted octanol–water partition coefficient (Wildman–Crippen LogP) is 3.73. The van der Waals surface area contributed by atoms with Gasteiger partial charge in [-0.2, -0.15) is 0 Å². The van der Waals surface area contributed by atoms with Crippen LogP contribution in [-0.4, -0.2) is 16.8 Å². The van der Waals surface area contributed by atoms with Gasteiger partial charge in [0.2, 0.25) is 0 Å². The highest BCUT2D eigenvalue weighted by Crippen LogP contribution is 2.31. The van der Waals surface area contributed by atoms with E-state index in [2.05, 4.69) is 0 Å². The Morgan fingerprint density at radius 3 is 2.62 bits per heavy atom. The summed E-state index contributed by atoms with van der Waals surface area (Å²) >= 11 is 5.98. The zero-order chi connectivity index (χ0) is 14.8. The molecule has 0 aliphatic heterocycles. The number of carbonyl (C=O) groups excluding carboxylic acids is 1. The molecule has 2 aromatic rings. The number of amides is 1. The first-order valence-electron chi connectivity index (χ1n) is 7.05. The molecule has 0 spiro atoms. The molecule has 3 rings (SSSR count). The largest absolute Gasteiger partial charge is 0.398 e. The lowest BCUT2D eigenvalue weighted by Crippen LogP contribution is -2.32. The lowest BCUT2D eigenvalue weighted by Gasteiger charge is -2.23. The van der Waals surface area contributed by atoms with Gasteiger partial charge >= 0.3 is 0 Å². The van der Waals surface area contributed by atoms with Crippen molar-refractivity contribution in [2.45, 2.75) is 25.4 Å². The van der Waals surface area contributed by atoms with Crippen molar-refractivity contribution in [3.63, 3.8) is 0 Å². The van der Waals surface area contributed by atoms with E-state index >= 15 is 0 Å². The molecule has 108 valence electrons. The molecule has 0 bridgehead atoms. The van der Waals surface area contributed by atoms with Gasteiger partial charge < -0.3 is 10.6 Å². The van der Waals surface area contributed by atoms with Crippen molar-refractivity contribution in [2.24, 2.45) is 0 Å². The van der Waals surface area contributed by atoms with Crippen molar-refractivity contribution in [1.29, 1.82) is 0 Å². The summed E-state index contributed by atoms with van der Waals surface area (Å²) < 4.78 is 0. The lowest BCUT2D eigenvalue weighted by molar-refractivity contribution is 0.0730. The average molecular weight is 301 g/mol. The molecule has 1 fully saturated rings. The fourth-order valence-corrected chi connectivity index (χ4v) is 2.59. The van der Waals surface area contributed by atoms with Crippen molar-refractivity contribution >= 4 is 23.2 Å². The third kappa shape index (κ3) is 3.19. The number of hydrogen-bond acceptors (Lipinski definition) is 2. The standard InChI is InChI=1S/C17H17ClN2O/c18-14-6-3-5-12(10-14)17(21)20(15-8-9-15)11-13-4-1-2-7-16(13)19/h1-7,10,15H,8-9,11,19H2. The molecule has 1 aliphatic carbocycles. The summed E-state index contributed by atoms with van der Waals surface area (Å²) in [6.45, 7) is 0.544. The van der Waals surface area contributed by atoms with E-state index < -0.39 is 0 Å². The Labute approximate surface area is 129 Å². The highest BCUT2D eigenvalue weighted by atomic mass is 35.5. The van der Waals surface area contributed by atoms with Crippen molar-refractivity contribution < 1.29 is 4.79 Å².